The molecule has 0 spiro atoms. The largest absolute Gasteiger partial charge is 0.493 e. The lowest BCUT2D eigenvalue weighted by atomic mass is 9.60. The van der Waals surface area contributed by atoms with Crippen LogP contribution in [0.15, 0.2) is 18.6 Å². The molecule has 0 aromatic carbocycles. The number of nitrogens with zero attached hydrogens (tertiary/aromatic N) is 3. The van der Waals surface area contributed by atoms with Crippen LogP contribution in [-0.4, -0.2) is 26.9 Å². The second kappa shape index (κ2) is 4.68. The van der Waals surface area contributed by atoms with Crippen LogP contribution < -0.4 is 4.74 Å². The Hall–Kier alpha value is -1.65. The summed E-state index contributed by atoms with van der Waals surface area (Å²) >= 11 is 0. The fourth-order valence-corrected chi connectivity index (χ4v) is 4.36. The van der Waals surface area contributed by atoms with Crippen LogP contribution in [0.5, 0.6) is 5.75 Å². The molecule has 0 amide bonds. The van der Waals surface area contributed by atoms with Crippen LogP contribution in [0, 0.1) is 5.41 Å². The molecule has 23 heavy (non-hydrogen) atoms. The molecule has 2 aromatic heterocycles. The monoisotopic (exact) mass is 315 g/mol. The molecule has 4 fully saturated rings. The van der Waals surface area contributed by atoms with Gasteiger partial charge in [-0.3, -0.25) is 4.40 Å². The molecule has 2 aromatic rings. The number of fused-ring (bicyclic) bond motifs is 4. The topological polar surface area (TPSA) is 39.4 Å². The standard InChI is InChI=1S/C18H22FN3O/c19-18-6-3-17(4-7-18,5-8-18)11-23-15-9-16-21-20-12-22(16)10-14(15)13-1-2-13/h9-10,12-13H,1-8,11H2. The number of aromatic nitrogens is 3. The van der Waals surface area contributed by atoms with Gasteiger partial charge in [-0.05, 0) is 57.3 Å². The molecule has 4 saturated carbocycles. The first kappa shape index (κ1) is 13.8. The van der Waals surface area contributed by atoms with Crippen LogP contribution in [0.1, 0.15) is 62.8 Å². The molecule has 0 aliphatic heterocycles. The molecule has 0 N–H and O–H groups in total. The molecule has 5 heteroatoms. The van der Waals surface area contributed by atoms with E-state index in [-0.39, 0.29) is 5.41 Å². The number of hydrogen-bond donors (Lipinski definition) is 0. The predicted octanol–water partition coefficient (Wildman–Crippen LogP) is 4.05. The van der Waals surface area contributed by atoms with E-state index in [1.165, 1.54) is 18.4 Å². The summed E-state index contributed by atoms with van der Waals surface area (Å²) in [5.41, 5.74) is 1.42. The van der Waals surface area contributed by atoms with Gasteiger partial charge in [-0.25, -0.2) is 4.39 Å². The molecule has 0 saturated heterocycles. The number of hydrogen-bond acceptors (Lipinski definition) is 3. The average molecular weight is 315 g/mol. The second-order valence-corrected chi connectivity index (χ2v) is 7.90. The third kappa shape index (κ3) is 2.32. The third-order valence-electron chi connectivity index (χ3n) is 6.28. The highest BCUT2D eigenvalue weighted by Gasteiger charge is 2.49. The van der Waals surface area contributed by atoms with Gasteiger partial charge in [0.15, 0.2) is 5.65 Å². The Kier molecular flexibility index (Phi) is 2.80. The zero-order valence-corrected chi connectivity index (χ0v) is 13.3. The molecule has 0 atom stereocenters. The van der Waals surface area contributed by atoms with Crippen molar-refractivity contribution in [3.63, 3.8) is 0 Å². The van der Waals surface area contributed by atoms with Gasteiger partial charge >= 0.3 is 0 Å². The smallest absolute Gasteiger partial charge is 0.164 e. The van der Waals surface area contributed by atoms with E-state index in [2.05, 4.69) is 16.4 Å². The Morgan fingerprint density at radius 3 is 2.61 bits per heavy atom. The van der Waals surface area contributed by atoms with Crippen molar-refractivity contribution in [1.82, 2.24) is 14.6 Å². The van der Waals surface area contributed by atoms with E-state index < -0.39 is 5.67 Å². The molecule has 4 aliphatic rings. The lowest BCUT2D eigenvalue weighted by Gasteiger charge is -2.49. The summed E-state index contributed by atoms with van der Waals surface area (Å²) in [5, 5.41) is 8.11. The molecule has 4 aliphatic carbocycles. The zero-order chi connectivity index (χ0) is 15.5. The molecule has 4 nitrogen and oxygen atoms in total. The highest BCUT2D eigenvalue weighted by atomic mass is 19.1. The van der Waals surface area contributed by atoms with Gasteiger partial charge in [0.05, 0.1) is 6.61 Å². The molecule has 0 unspecified atom stereocenters. The van der Waals surface area contributed by atoms with Gasteiger partial charge in [-0.15, -0.1) is 10.2 Å². The Balaban J connectivity index is 1.40. The maximum atomic E-state index is 14.3. The summed E-state index contributed by atoms with van der Waals surface area (Å²) in [6.07, 6.45) is 11.4. The first-order chi connectivity index (χ1) is 11.1. The van der Waals surface area contributed by atoms with Crippen molar-refractivity contribution in [3.8, 4) is 5.75 Å². The Bertz CT molecular complexity index is 727. The number of rotatable bonds is 4. The summed E-state index contributed by atoms with van der Waals surface area (Å²) in [6.45, 7) is 0.715. The first-order valence-corrected chi connectivity index (χ1v) is 8.80. The quantitative estimate of drug-likeness (QED) is 0.854. The fraction of sp³-hybridized carbons (Fsp3) is 0.667. The molecular formula is C18H22FN3O. The van der Waals surface area contributed by atoms with Gasteiger partial charge in [-0.2, -0.15) is 0 Å². The lowest BCUT2D eigenvalue weighted by molar-refractivity contribution is -0.0548. The van der Waals surface area contributed by atoms with Gasteiger partial charge in [0.2, 0.25) is 0 Å². The lowest BCUT2D eigenvalue weighted by Crippen LogP contribution is -2.46. The Morgan fingerprint density at radius 2 is 1.91 bits per heavy atom. The summed E-state index contributed by atoms with van der Waals surface area (Å²) in [6, 6.07) is 2.02. The average Bonchev–Trinajstić information content (AvgIpc) is 3.32. The van der Waals surface area contributed by atoms with Crippen molar-refractivity contribution in [3.05, 3.63) is 24.2 Å². The van der Waals surface area contributed by atoms with Gasteiger partial charge in [0.25, 0.3) is 0 Å². The van der Waals surface area contributed by atoms with Crippen molar-refractivity contribution in [2.75, 3.05) is 6.61 Å². The van der Waals surface area contributed by atoms with Crippen LogP contribution in [0.2, 0.25) is 0 Å². The second-order valence-electron chi connectivity index (χ2n) is 7.90. The summed E-state index contributed by atoms with van der Waals surface area (Å²) < 4.78 is 22.6. The molecule has 0 radical (unpaired) electrons. The Morgan fingerprint density at radius 1 is 1.17 bits per heavy atom. The van der Waals surface area contributed by atoms with Gasteiger partial charge in [-0.1, -0.05) is 0 Å². The van der Waals surface area contributed by atoms with Crippen molar-refractivity contribution >= 4 is 5.65 Å². The maximum Gasteiger partial charge on any atom is 0.164 e. The van der Waals surface area contributed by atoms with E-state index in [1.54, 1.807) is 6.33 Å². The minimum Gasteiger partial charge on any atom is -0.493 e. The number of ether oxygens (including phenoxy) is 1. The van der Waals surface area contributed by atoms with Gasteiger partial charge in [0, 0.05) is 23.2 Å². The SMILES string of the molecule is FC12CCC(COc3cc4nncn4cc3C3CC3)(CC1)CC2. The van der Waals surface area contributed by atoms with Crippen molar-refractivity contribution in [1.29, 1.82) is 0 Å². The van der Waals surface area contributed by atoms with Crippen molar-refractivity contribution in [2.45, 2.75) is 63.0 Å². The summed E-state index contributed by atoms with van der Waals surface area (Å²) in [7, 11) is 0. The highest BCUT2D eigenvalue weighted by molar-refractivity contribution is 5.49. The fourth-order valence-electron chi connectivity index (χ4n) is 4.36. The molecular weight excluding hydrogens is 293 g/mol. The van der Waals surface area contributed by atoms with Crippen LogP contribution >= 0.6 is 0 Å². The first-order valence-electron chi connectivity index (χ1n) is 8.80. The van der Waals surface area contributed by atoms with E-state index in [0.717, 1.165) is 49.9 Å². The van der Waals surface area contributed by atoms with E-state index >= 15 is 0 Å². The van der Waals surface area contributed by atoms with Crippen LogP contribution in [0.4, 0.5) is 4.39 Å². The normalized spacial score (nSPS) is 33.3. The highest BCUT2D eigenvalue weighted by Crippen LogP contribution is 2.54. The number of pyridine rings is 1. The molecule has 6 rings (SSSR count). The van der Waals surface area contributed by atoms with E-state index in [0.29, 0.717) is 12.5 Å². The summed E-state index contributed by atoms with van der Waals surface area (Å²) in [5.74, 6) is 1.58. The van der Waals surface area contributed by atoms with Crippen LogP contribution in [0.25, 0.3) is 5.65 Å². The maximum absolute atomic E-state index is 14.3. The predicted molar refractivity (Wildman–Crippen MR) is 84.4 cm³/mol. The van der Waals surface area contributed by atoms with Crippen molar-refractivity contribution in [2.24, 2.45) is 5.41 Å². The minimum atomic E-state index is -0.874. The number of halogens is 1. The molecule has 2 heterocycles. The van der Waals surface area contributed by atoms with Gasteiger partial charge in [0.1, 0.15) is 17.7 Å². The van der Waals surface area contributed by atoms with E-state index in [9.17, 15) is 4.39 Å². The molecule has 2 bridgehead atoms. The summed E-state index contributed by atoms with van der Waals surface area (Å²) in [4.78, 5) is 0. The van der Waals surface area contributed by atoms with Crippen LogP contribution in [-0.2, 0) is 0 Å². The molecule has 122 valence electrons. The minimum absolute atomic E-state index is 0.189. The van der Waals surface area contributed by atoms with Crippen LogP contribution in [0.3, 0.4) is 0 Å². The third-order valence-corrected chi connectivity index (χ3v) is 6.28. The van der Waals surface area contributed by atoms with Gasteiger partial charge < -0.3 is 4.74 Å². The Labute approximate surface area is 135 Å². The van der Waals surface area contributed by atoms with E-state index in [1.807, 2.05) is 10.5 Å². The number of alkyl halides is 1. The zero-order valence-electron chi connectivity index (χ0n) is 13.3. The van der Waals surface area contributed by atoms with Crippen molar-refractivity contribution < 1.29 is 9.13 Å². The van der Waals surface area contributed by atoms with E-state index in [4.69, 9.17) is 4.74 Å².